The van der Waals surface area contributed by atoms with Gasteiger partial charge in [-0.2, -0.15) is 5.26 Å². The van der Waals surface area contributed by atoms with Crippen LogP contribution in [-0.4, -0.2) is 19.9 Å². The lowest BCUT2D eigenvalue weighted by molar-refractivity contribution is -0.0367. The van der Waals surface area contributed by atoms with E-state index in [-0.39, 0.29) is 18.1 Å². The first-order valence-electron chi connectivity index (χ1n) is 9.28. The molecule has 27 heavy (non-hydrogen) atoms. The fourth-order valence-electron chi connectivity index (χ4n) is 4.52. The van der Waals surface area contributed by atoms with E-state index in [0.717, 1.165) is 42.2 Å². The molecule has 3 aliphatic heterocycles. The quantitative estimate of drug-likeness (QED) is 0.804. The van der Waals surface area contributed by atoms with Gasteiger partial charge in [0.1, 0.15) is 18.0 Å². The first-order chi connectivity index (χ1) is 13.3. The van der Waals surface area contributed by atoms with Crippen molar-refractivity contribution in [2.24, 2.45) is 5.92 Å². The fraction of sp³-hybridized carbons (Fsp3) is 0.318. The number of fused-ring (bicyclic) bond motifs is 5. The van der Waals surface area contributed by atoms with Gasteiger partial charge in [-0.25, -0.2) is 0 Å². The first kappa shape index (κ1) is 16.2. The van der Waals surface area contributed by atoms with E-state index in [2.05, 4.69) is 11.0 Å². The molecule has 0 bridgehead atoms. The van der Waals surface area contributed by atoms with Gasteiger partial charge in [-0.05, 0) is 42.7 Å². The molecule has 0 unspecified atom stereocenters. The summed E-state index contributed by atoms with van der Waals surface area (Å²) in [4.78, 5) is 2.08. The van der Waals surface area contributed by atoms with Crippen molar-refractivity contribution in [1.82, 2.24) is 0 Å². The summed E-state index contributed by atoms with van der Waals surface area (Å²) in [5.74, 6) is 2.35. The lowest BCUT2D eigenvalue weighted by Gasteiger charge is -2.45. The highest BCUT2D eigenvalue weighted by Gasteiger charge is 2.49. The highest BCUT2D eigenvalue weighted by atomic mass is 16.5. The Hall–Kier alpha value is -2.97. The van der Waals surface area contributed by atoms with Crippen LogP contribution < -0.4 is 14.4 Å². The van der Waals surface area contributed by atoms with E-state index in [1.54, 1.807) is 7.11 Å². The Bertz CT molecular complexity index is 945. The van der Waals surface area contributed by atoms with Crippen LogP contribution in [0.15, 0.2) is 60.0 Å². The zero-order valence-corrected chi connectivity index (χ0v) is 15.1. The molecule has 1 saturated heterocycles. The Morgan fingerprint density at radius 3 is 2.74 bits per heavy atom. The minimum Gasteiger partial charge on any atom is -0.497 e. The molecule has 0 radical (unpaired) electrons. The molecule has 3 heterocycles. The van der Waals surface area contributed by atoms with E-state index in [1.165, 1.54) is 0 Å². The molecule has 5 rings (SSSR count). The molecular formula is C22H20N2O3. The molecule has 1 fully saturated rings. The molecule has 5 heteroatoms. The summed E-state index contributed by atoms with van der Waals surface area (Å²) in [5.41, 5.74) is 2.74. The number of allylic oxidation sites excluding steroid dienone is 1. The average molecular weight is 360 g/mol. The van der Waals surface area contributed by atoms with Gasteiger partial charge in [-0.3, -0.25) is 4.90 Å². The molecule has 0 N–H and O–H groups in total. The summed E-state index contributed by atoms with van der Waals surface area (Å²) in [6, 6.07) is 18.3. The van der Waals surface area contributed by atoms with Crippen molar-refractivity contribution >= 4 is 5.69 Å². The number of hydrogen-bond acceptors (Lipinski definition) is 5. The van der Waals surface area contributed by atoms with E-state index >= 15 is 0 Å². The van der Waals surface area contributed by atoms with Crippen LogP contribution in [0.3, 0.4) is 0 Å². The van der Waals surface area contributed by atoms with Crippen molar-refractivity contribution in [2.75, 3.05) is 18.6 Å². The van der Waals surface area contributed by atoms with Gasteiger partial charge in [0.2, 0.25) is 5.88 Å². The minimum absolute atomic E-state index is 0.0493. The smallest absolute Gasteiger partial charge is 0.217 e. The van der Waals surface area contributed by atoms with Gasteiger partial charge < -0.3 is 14.2 Å². The molecule has 3 atom stereocenters. The number of hydrogen-bond donors (Lipinski definition) is 0. The first-order valence-corrected chi connectivity index (χ1v) is 9.28. The number of para-hydroxylation sites is 2. The third-order valence-electron chi connectivity index (χ3n) is 5.71. The largest absolute Gasteiger partial charge is 0.497 e. The number of anilines is 1. The van der Waals surface area contributed by atoms with E-state index in [0.29, 0.717) is 11.5 Å². The summed E-state index contributed by atoms with van der Waals surface area (Å²) in [6.45, 7) is 0.727. The van der Waals surface area contributed by atoms with Crippen LogP contribution in [0.5, 0.6) is 11.5 Å². The highest BCUT2D eigenvalue weighted by molar-refractivity contribution is 5.70. The van der Waals surface area contributed by atoms with Crippen molar-refractivity contribution in [3.63, 3.8) is 0 Å². The second-order valence-corrected chi connectivity index (χ2v) is 7.09. The SMILES string of the molecule is COc1ccc([C@@H]2C(C#N)=C3Oc4ccccc4N3[C@H]3OCCC[C@@H]23)cc1. The predicted octanol–water partition coefficient (Wildman–Crippen LogP) is 4.18. The van der Waals surface area contributed by atoms with Gasteiger partial charge in [0.05, 0.1) is 18.4 Å². The summed E-state index contributed by atoms with van der Waals surface area (Å²) >= 11 is 0. The number of nitriles is 1. The lowest BCUT2D eigenvalue weighted by Crippen LogP contribution is -2.50. The maximum Gasteiger partial charge on any atom is 0.217 e. The van der Waals surface area contributed by atoms with Gasteiger partial charge in [0.15, 0.2) is 5.75 Å². The van der Waals surface area contributed by atoms with Crippen LogP contribution in [0.4, 0.5) is 5.69 Å². The van der Waals surface area contributed by atoms with Gasteiger partial charge >= 0.3 is 0 Å². The molecule has 0 aromatic heterocycles. The lowest BCUT2D eigenvalue weighted by atomic mass is 9.74. The number of benzene rings is 2. The van der Waals surface area contributed by atoms with E-state index in [1.807, 2.05) is 48.5 Å². The van der Waals surface area contributed by atoms with Gasteiger partial charge in [0, 0.05) is 18.4 Å². The van der Waals surface area contributed by atoms with Crippen molar-refractivity contribution in [1.29, 1.82) is 5.26 Å². The Kier molecular flexibility index (Phi) is 3.80. The maximum absolute atomic E-state index is 10.1. The number of nitrogens with zero attached hydrogens (tertiary/aromatic N) is 2. The average Bonchev–Trinajstić information content (AvgIpc) is 3.12. The third-order valence-corrected chi connectivity index (χ3v) is 5.71. The van der Waals surface area contributed by atoms with Crippen LogP contribution in [0.25, 0.3) is 0 Å². The number of methoxy groups -OCH3 is 1. The summed E-state index contributed by atoms with van der Waals surface area (Å²) in [7, 11) is 1.66. The zero-order valence-electron chi connectivity index (χ0n) is 15.1. The van der Waals surface area contributed by atoms with Crippen molar-refractivity contribution in [3.05, 3.63) is 65.6 Å². The molecule has 0 saturated carbocycles. The summed E-state index contributed by atoms with van der Waals surface area (Å²) in [6.07, 6.45) is 1.89. The molecule has 2 aromatic carbocycles. The Balaban J connectivity index is 1.67. The van der Waals surface area contributed by atoms with Crippen LogP contribution in [0, 0.1) is 17.2 Å². The molecule has 2 aromatic rings. The third kappa shape index (κ3) is 2.41. The van der Waals surface area contributed by atoms with Crippen LogP contribution in [0.2, 0.25) is 0 Å². The van der Waals surface area contributed by atoms with E-state index in [9.17, 15) is 5.26 Å². The Morgan fingerprint density at radius 1 is 1.15 bits per heavy atom. The van der Waals surface area contributed by atoms with Gasteiger partial charge in [0.25, 0.3) is 0 Å². The highest BCUT2D eigenvalue weighted by Crippen LogP contribution is 2.53. The number of rotatable bonds is 2. The van der Waals surface area contributed by atoms with Crippen LogP contribution in [-0.2, 0) is 4.74 Å². The molecule has 136 valence electrons. The van der Waals surface area contributed by atoms with Crippen LogP contribution >= 0.6 is 0 Å². The van der Waals surface area contributed by atoms with E-state index < -0.39 is 0 Å². The van der Waals surface area contributed by atoms with Crippen molar-refractivity contribution in [2.45, 2.75) is 25.0 Å². The topological polar surface area (TPSA) is 54.7 Å². The fourth-order valence-corrected chi connectivity index (χ4v) is 4.52. The van der Waals surface area contributed by atoms with Crippen LogP contribution in [0.1, 0.15) is 24.3 Å². The summed E-state index contributed by atoms with van der Waals surface area (Å²) < 4.78 is 17.7. The standard InChI is InChI=1S/C22H20N2O3/c1-25-15-10-8-14(9-11-15)20-16-5-4-12-26-21(16)24-18-6-2-3-7-19(18)27-22(24)17(20)13-23/h2-3,6-11,16,20-21H,4-5,12H2,1H3/t16-,20-,21-/m0/s1. The normalized spacial score (nSPS) is 25.8. The second-order valence-electron chi connectivity index (χ2n) is 7.09. The van der Waals surface area contributed by atoms with E-state index in [4.69, 9.17) is 14.2 Å². The molecule has 5 nitrogen and oxygen atoms in total. The monoisotopic (exact) mass is 360 g/mol. The predicted molar refractivity (Wildman–Crippen MR) is 100 cm³/mol. The molecule has 0 spiro atoms. The number of ether oxygens (including phenoxy) is 3. The van der Waals surface area contributed by atoms with Crippen molar-refractivity contribution in [3.8, 4) is 17.6 Å². The molecule has 0 amide bonds. The molecule has 0 aliphatic carbocycles. The maximum atomic E-state index is 10.1. The molecular weight excluding hydrogens is 340 g/mol. The summed E-state index contributed by atoms with van der Waals surface area (Å²) in [5, 5.41) is 10.1. The Morgan fingerprint density at radius 2 is 1.96 bits per heavy atom. The zero-order chi connectivity index (χ0) is 18.4. The Labute approximate surface area is 158 Å². The minimum atomic E-state index is -0.124. The molecule has 3 aliphatic rings. The second kappa shape index (κ2) is 6.33. The van der Waals surface area contributed by atoms with Gasteiger partial charge in [-0.1, -0.05) is 24.3 Å². The van der Waals surface area contributed by atoms with Crippen molar-refractivity contribution < 1.29 is 14.2 Å². The van der Waals surface area contributed by atoms with Gasteiger partial charge in [-0.15, -0.1) is 0 Å².